The summed E-state index contributed by atoms with van der Waals surface area (Å²) >= 11 is 0. The van der Waals surface area contributed by atoms with Crippen molar-refractivity contribution in [1.29, 1.82) is 0 Å². The van der Waals surface area contributed by atoms with Crippen LogP contribution in [0.1, 0.15) is 60.7 Å². The van der Waals surface area contributed by atoms with E-state index < -0.39 is 6.10 Å². The van der Waals surface area contributed by atoms with Gasteiger partial charge in [0.05, 0.1) is 6.10 Å². The molecule has 2 aromatic rings. The van der Waals surface area contributed by atoms with Crippen molar-refractivity contribution in [3.8, 4) is 0 Å². The first kappa shape index (κ1) is 24.7. The number of aliphatic hydroxyl groups is 1. The number of nitrogens with one attached hydrogen (secondary N) is 2. The van der Waals surface area contributed by atoms with Gasteiger partial charge in [-0.15, -0.1) is 0 Å². The topological polar surface area (TPSA) is 97.8 Å². The van der Waals surface area contributed by atoms with E-state index in [1.807, 2.05) is 29.3 Å². The van der Waals surface area contributed by atoms with Crippen molar-refractivity contribution in [2.45, 2.75) is 70.2 Å². The zero-order chi connectivity index (χ0) is 25.4. The molecule has 1 aromatic carbocycles. The molecule has 2 amide bonds. The van der Waals surface area contributed by atoms with Crippen molar-refractivity contribution in [3.05, 3.63) is 58.8 Å². The van der Waals surface area contributed by atoms with Crippen LogP contribution >= 0.6 is 0 Å². The first-order chi connectivity index (χ1) is 17.2. The van der Waals surface area contributed by atoms with E-state index in [0.29, 0.717) is 17.9 Å². The zero-order valence-corrected chi connectivity index (χ0v) is 21.5. The van der Waals surface area contributed by atoms with E-state index >= 15 is 0 Å². The summed E-state index contributed by atoms with van der Waals surface area (Å²) in [6.07, 6.45) is 3.62. The van der Waals surface area contributed by atoms with Gasteiger partial charge in [-0.3, -0.25) is 9.59 Å². The predicted octanol–water partition coefficient (Wildman–Crippen LogP) is 2.31. The number of rotatable bonds is 5. The minimum atomic E-state index is -0.662. The van der Waals surface area contributed by atoms with Crippen molar-refractivity contribution in [1.82, 2.24) is 20.1 Å². The molecule has 192 valence electrons. The van der Waals surface area contributed by atoms with Crippen LogP contribution in [0.4, 0.5) is 5.82 Å². The Morgan fingerprint density at radius 2 is 1.97 bits per heavy atom. The Morgan fingerprint density at radius 1 is 1.25 bits per heavy atom. The lowest BCUT2D eigenvalue weighted by atomic mass is 9.78. The Bertz CT molecular complexity index is 1140. The summed E-state index contributed by atoms with van der Waals surface area (Å²) < 4.78 is 0. The van der Waals surface area contributed by atoms with Crippen molar-refractivity contribution in [2.75, 3.05) is 31.5 Å². The number of benzene rings is 1. The molecule has 1 saturated heterocycles. The Morgan fingerprint density at radius 3 is 2.69 bits per heavy atom. The van der Waals surface area contributed by atoms with E-state index in [9.17, 15) is 14.7 Å². The fourth-order valence-electron chi connectivity index (χ4n) is 5.85. The van der Waals surface area contributed by atoms with E-state index in [2.05, 4.69) is 41.6 Å². The van der Waals surface area contributed by atoms with Crippen LogP contribution in [0.5, 0.6) is 0 Å². The van der Waals surface area contributed by atoms with Gasteiger partial charge in [0, 0.05) is 68.9 Å². The molecule has 5 rings (SSSR count). The number of fused-ring (bicyclic) bond motifs is 2. The number of likely N-dealkylation sites (tertiary alicyclic amines) is 1. The number of carbonyl (C=O) groups is 2. The number of anilines is 1. The summed E-state index contributed by atoms with van der Waals surface area (Å²) in [5.74, 6) is 0.742. The largest absolute Gasteiger partial charge is 0.390 e. The minimum Gasteiger partial charge on any atom is -0.390 e. The number of amides is 2. The minimum absolute atomic E-state index is 0.0589. The molecule has 1 aromatic heterocycles. The zero-order valence-electron chi connectivity index (χ0n) is 21.5. The number of aromatic nitrogens is 1. The molecule has 2 atom stereocenters. The molecule has 8 heteroatoms. The smallest absolute Gasteiger partial charge is 0.254 e. The van der Waals surface area contributed by atoms with Crippen LogP contribution in [0, 0.1) is 0 Å². The van der Waals surface area contributed by atoms with Gasteiger partial charge in [0.15, 0.2) is 0 Å². The number of hydrogen-bond acceptors (Lipinski definition) is 6. The SMILES string of the molecule is CC(=O)N1CCC(Nc2cc3c(cn2)C(C)(C)CN(C[C@@H](O)[C@@H]2Cc4ccccc4CN2)C3=O)CC1. The second kappa shape index (κ2) is 9.82. The summed E-state index contributed by atoms with van der Waals surface area (Å²) in [6.45, 7) is 8.88. The van der Waals surface area contributed by atoms with Gasteiger partial charge >= 0.3 is 0 Å². The molecular weight excluding hydrogens is 454 g/mol. The maximum absolute atomic E-state index is 13.6. The highest BCUT2D eigenvalue weighted by molar-refractivity contribution is 5.98. The monoisotopic (exact) mass is 491 g/mol. The molecule has 0 saturated carbocycles. The molecule has 0 bridgehead atoms. The first-order valence-electron chi connectivity index (χ1n) is 13.0. The number of hydrogen-bond donors (Lipinski definition) is 3. The number of pyridine rings is 1. The molecule has 36 heavy (non-hydrogen) atoms. The third-order valence-corrected chi connectivity index (χ3v) is 8.01. The highest BCUT2D eigenvalue weighted by Gasteiger charge is 2.39. The van der Waals surface area contributed by atoms with Gasteiger partial charge < -0.3 is 25.5 Å². The van der Waals surface area contributed by atoms with Crippen molar-refractivity contribution in [3.63, 3.8) is 0 Å². The summed E-state index contributed by atoms with van der Waals surface area (Å²) in [7, 11) is 0. The number of carbonyl (C=O) groups excluding carboxylic acids is 2. The average Bonchev–Trinajstić information content (AvgIpc) is 2.87. The average molecular weight is 492 g/mol. The Labute approximate surface area is 213 Å². The Kier molecular flexibility index (Phi) is 6.74. The van der Waals surface area contributed by atoms with E-state index in [1.165, 1.54) is 11.1 Å². The second-order valence-electron chi connectivity index (χ2n) is 11.1. The predicted molar refractivity (Wildman–Crippen MR) is 139 cm³/mol. The highest BCUT2D eigenvalue weighted by Crippen LogP contribution is 2.34. The highest BCUT2D eigenvalue weighted by atomic mass is 16.3. The molecule has 3 N–H and O–H groups in total. The third kappa shape index (κ3) is 4.97. The lowest BCUT2D eigenvalue weighted by Crippen LogP contribution is -2.54. The number of aliphatic hydroxyl groups excluding tert-OH is 1. The molecular formula is C28H37N5O3. The van der Waals surface area contributed by atoms with Crippen molar-refractivity contribution >= 4 is 17.6 Å². The molecule has 4 heterocycles. The molecule has 1 fully saturated rings. The number of β-amino-alcohol motifs (C(OH)–C–C–N with tert-alkyl or cyclic N) is 1. The summed E-state index contributed by atoms with van der Waals surface area (Å²) in [4.78, 5) is 33.5. The molecule has 0 unspecified atom stereocenters. The van der Waals surface area contributed by atoms with Crippen LogP contribution < -0.4 is 10.6 Å². The second-order valence-corrected chi connectivity index (χ2v) is 11.1. The quantitative estimate of drug-likeness (QED) is 0.594. The number of nitrogens with zero attached hydrogens (tertiary/aromatic N) is 3. The van der Waals surface area contributed by atoms with Crippen LogP contribution in [0.2, 0.25) is 0 Å². The standard InChI is InChI=1S/C28H37N5O3/c1-18(34)32-10-8-21(9-11-32)31-26-13-22-23(15-30-26)28(2,3)17-33(27(22)36)16-25(35)24-12-19-6-4-5-7-20(19)14-29-24/h4-7,13,15,21,24-25,29,35H,8-12,14,16-17H2,1-3H3,(H,30,31)/t24-,25+/m0/s1. The lowest BCUT2D eigenvalue weighted by molar-refractivity contribution is -0.129. The summed E-state index contributed by atoms with van der Waals surface area (Å²) in [5.41, 5.74) is 3.85. The van der Waals surface area contributed by atoms with E-state index in [1.54, 1.807) is 11.8 Å². The van der Waals surface area contributed by atoms with E-state index in [0.717, 1.165) is 44.5 Å². The van der Waals surface area contributed by atoms with Crippen LogP contribution in [-0.4, -0.2) is 76.1 Å². The van der Waals surface area contributed by atoms with Gasteiger partial charge in [0.25, 0.3) is 5.91 Å². The van der Waals surface area contributed by atoms with Gasteiger partial charge in [-0.1, -0.05) is 38.1 Å². The Hall–Kier alpha value is -2.97. The molecule has 3 aliphatic heterocycles. The third-order valence-electron chi connectivity index (χ3n) is 8.01. The van der Waals surface area contributed by atoms with Gasteiger partial charge in [-0.25, -0.2) is 4.98 Å². The summed E-state index contributed by atoms with van der Waals surface area (Å²) in [6, 6.07) is 10.3. The van der Waals surface area contributed by atoms with Crippen LogP contribution in [-0.2, 0) is 23.2 Å². The maximum Gasteiger partial charge on any atom is 0.254 e. The number of piperidine rings is 1. The maximum atomic E-state index is 13.6. The first-order valence-corrected chi connectivity index (χ1v) is 13.0. The Balaban J connectivity index is 1.28. The van der Waals surface area contributed by atoms with Crippen molar-refractivity contribution in [2.24, 2.45) is 0 Å². The van der Waals surface area contributed by atoms with Crippen LogP contribution in [0.3, 0.4) is 0 Å². The molecule has 0 aliphatic carbocycles. The van der Waals surface area contributed by atoms with Crippen LogP contribution in [0.25, 0.3) is 0 Å². The van der Waals surface area contributed by atoms with Gasteiger partial charge in [-0.05, 0) is 42.0 Å². The fraction of sp³-hybridized carbons (Fsp3) is 0.536. The van der Waals surface area contributed by atoms with Crippen LogP contribution in [0.15, 0.2) is 36.5 Å². The molecule has 0 radical (unpaired) electrons. The lowest BCUT2D eigenvalue weighted by Gasteiger charge is -2.41. The van der Waals surface area contributed by atoms with Crippen molar-refractivity contribution < 1.29 is 14.7 Å². The van der Waals surface area contributed by atoms with Gasteiger partial charge in [0.2, 0.25) is 5.91 Å². The fourth-order valence-corrected chi connectivity index (χ4v) is 5.85. The normalized spacial score (nSPS) is 22.6. The van der Waals surface area contributed by atoms with E-state index in [-0.39, 0.29) is 35.9 Å². The molecule has 0 spiro atoms. The van der Waals surface area contributed by atoms with Gasteiger partial charge in [-0.2, -0.15) is 0 Å². The summed E-state index contributed by atoms with van der Waals surface area (Å²) in [5, 5.41) is 18.0. The molecule has 8 nitrogen and oxygen atoms in total. The molecule has 3 aliphatic rings. The van der Waals surface area contributed by atoms with Gasteiger partial charge in [0.1, 0.15) is 5.82 Å². The van der Waals surface area contributed by atoms with E-state index in [4.69, 9.17) is 0 Å².